The van der Waals surface area contributed by atoms with E-state index in [1.54, 1.807) is 6.33 Å². The molecule has 1 aliphatic carbocycles. The summed E-state index contributed by atoms with van der Waals surface area (Å²) in [6, 6.07) is 0.428. The number of hydrogen-bond donors (Lipinski definition) is 1. The van der Waals surface area contributed by atoms with Gasteiger partial charge in [0, 0.05) is 24.0 Å². The highest BCUT2D eigenvalue weighted by Gasteiger charge is 2.22. The Balaban J connectivity index is 1.90. The third-order valence-electron chi connectivity index (χ3n) is 2.89. The fourth-order valence-corrected chi connectivity index (χ4v) is 1.78. The molecule has 0 saturated heterocycles. The second-order valence-electron chi connectivity index (χ2n) is 4.03. The molecule has 0 radical (unpaired) electrons. The first kappa shape index (κ1) is 9.59. The number of rotatable bonds is 5. The average Bonchev–Trinajstić information content (AvgIpc) is 3.04. The van der Waals surface area contributed by atoms with Crippen molar-refractivity contribution in [3.63, 3.8) is 0 Å². The Bertz CT molecular complexity index is 269. The van der Waals surface area contributed by atoms with E-state index in [0.717, 1.165) is 5.92 Å². The maximum Gasteiger partial charge on any atom is 0.115 e. The first-order valence-corrected chi connectivity index (χ1v) is 5.32. The summed E-state index contributed by atoms with van der Waals surface area (Å²) in [5.41, 5.74) is 1.20. The molecule has 3 heteroatoms. The van der Waals surface area contributed by atoms with Crippen LogP contribution in [-0.4, -0.2) is 17.0 Å². The van der Waals surface area contributed by atoms with E-state index < -0.39 is 0 Å². The molecule has 0 spiro atoms. The third kappa shape index (κ3) is 2.51. The highest BCUT2D eigenvalue weighted by Crippen LogP contribution is 2.35. The van der Waals surface area contributed by atoms with Gasteiger partial charge in [0.25, 0.3) is 0 Å². The SMILES string of the molecule is CNC(CCC1CC1)c1cncnc1. The van der Waals surface area contributed by atoms with Crippen LogP contribution in [0.15, 0.2) is 18.7 Å². The Morgan fingerprint density at radius 3 is 2.71 bits per heavy atom. The van der Waals surface area contributed by atoms with Crippen molar-refractivity contribution in [1.82, 2.24) is 15.3 Å². The van der Waals surface area contributed by atoms with Gasteiger partial charge in [0.05, 0.1) is 0 Å². The van der Waals surface area contributed by atoms with Gasteiger partial charge < -0.3 is 5.32 Å². The van der Waals surface area contributed by atoms with Crippen molar-refractivity contribution < 1.29 is 0 Å². The van der Waals surface area contributed by atoms with Gasteiger partial charge in [0.2, 0.25) is 0 Å². The Kier molecular flexibility index (Phi) is 3.09. The summed E-state index contributed by atoms with van der Waals surface area (Å²) in [5.74, 6) is 0.996. The van der Waals surface area contributed by atoms with E-state index in [1.807, 2.05) is 19.4 Å². The number of nitrogens with one attached hydrogen (secondary N) is 1. The van der Waals surface area contributed by atoms with Crippen molar-refractivity contribution >= 4 is 0 Å². The van der Waals surface area contributed by atoms with Gasteiger partial charge >= 0.3 is 0 Å². The maximum absolute atomic E-state index is 4.05. The lowest BCUT2D eigenvalue weighted by atomic mass is 10.0. The summed E-state index contributed by atoms with van der Waals surface area (Å²) in [5, 5.41) is 3.32. The first-order valence-electron chi connectivity index (χ1n) is 5.32. The van der Waals surface area contributed by atoms with Crippen LogP contribution < -0.4 is 5.32 Å². The molecule has 2 rings (SSSR count). The van der Waals surface area contributed by atoms with Gasteiger partial charge in [0.1, 0.15) is 6.33 Å². The van der Waals surface area contributed by atoms with Gasteiger partial charge in [-0.25, -0.2) is 9.97 Å². The predicted octanol–water partition coefficient (Wildman–Crippen LogP) is 1.93. The summed E-state index contributed by atoms with van der Waals surface area (Å²) in [7, 11) is 2.00. The summed E-state index contributed by atoms with van der Waals surface area (Å²) >= 11 is 0. The molecule has 76 valence electrons. The molecule has 1 atom stereocenters. The standard InChI is InChI=1S/C11H17N3/c1-12-11(5-4-9-2-3-9)10-6-13-8-14-7-10/h6-9,11-12H,2-5H2,1H3. The average molecular weight is 191 g/mol. The Morgan fingerprint density at radius 1 is 1.43 bits per heavy atom. The molecule has 1 fully saturated rings. The van der Waals surface area contributed by atoms with Crippen LogP contribution in [0.5, 0.6) is 0 Å². The van der Waals surface area contributed by atoms with E-state index in [9.17, 15) is 0 Å². The van der Waals surface area contributed by atoms with Crippen LogP contribution in [0.2, 0.25) is 0 Å². The third-order valence-corrected chi connectivity index (χ3v) is 2.89. The van der Waals surface area contributed by atoms with Crippen LogP contribution in [-0.2, 0) is 0 Å². The summed E-state index contributed by atoms with van der Waals surface area (Å²) in [6.45, 7) is 0. The van der Waals surface area contributed by atoms with Crippen LogP contribution in [0.1, 0.15) is 37.3 Å². The second-order valence-corrected chi connectivity index (χ2v) is 4.03. The van der Waals surface area contributed by atoms with E-state index in [2.05, 4.69) is 15.3 Å². The minimum atomic E-state index is 0.428. The van der Waals surface area contributed by atoms with E-state index in [-0.39, 0.29) is 0 Å². The summed E-state index contributed by atoms with van der Waals surface area (Å²) < 4.78 is 0. The van der Waals surface area contributed by atoms with E-state index >= 15 is 0 Å². The highest BCUT2D eigenvalue weighted by atomic mass is 14.9. The topological polar surface area (TPSA) is 37.8 Å². The zero-order chi connectivity index (χ0) is 9.80. The van der Waals surface area contributed by atoms with Crippen molar-refractivity contribution in [1.29, 1.82) is 0 Å². The first-order chi connectivity index (χ1) is 6.90. The smallest absolute Gasteiger partial charge is 0.115 e. The lowest BCUT2D eigenvalue weighted by Crippen LogP contribution is -2.16. The molecule has 1 unspecified atom stereocenters. The highest BCUT2D eigenvalue weighted by molar-refractivity contribution is 5.08. The molecule has 1 aromatic heterocycles. The fraction of sp³-hybridized carbons (Fsp3) is 0.636. The minimum absolute atomic E-state index is 0.428. The van der Waals surface area contributed by atoms with Crippen LogP contribution in [0.4, 0.5) is 0 Å². The Labute approximate surface area is 85.0 Å². The molecule has 3 nitrogen and oxygen atoms in total. The van der Waals surface area contributed by atoms with Gasteiger partial charge in [-0.15, -0.1) is 0 Å². The van der Waals surface area contributed by atoms with Crippen molar-refractivity contribution in [2.45, 2.75) is 31.7 Å². The van der Waals surface area contributed by atoms with Gasteiger partial charge in [0.15, 0.2) is 0 Å². The van der Waals surface area contributed by atoms with Crippen molar-refractivity contribution in [3.8, 4) is 0 Å². The fourth-order valence-electron chi connectivity index (χ4n) is 1.78. The Hall–Kier alpha value is -0.960. The normalized spacial score (nSPS) is 18.1. The molecule has 0 aliphatic heterocycles. The quantitative estimate of drug-likeness (QED) is 0.772. The molecule has 14 heavy (non-hydrogen) atoms. The second kappa shape index (κ2) is 4.51. The van der Waals surface area contributed by atoms with Gasteiger partial charge in [-0.3, -0.25) is 0 Å². The van der Waals surface area contributed by atoms with Gasteiger partial charge in [-0.2, -0.15) is 0 Å². The molecule has 1 N–H and O–H groups in total. The molecular formula is C11H17N3. The predicted molar refractivity (Wildman–Crippen MR) is 55.8 cm³/mol. The molecular weight excluding hydrogens is 174 g/mol. The number of hydrogen-bond acceptors (Lipinski definition) is 3. The zero-order valence-electron chi connectivity index (χ0n) is 8.61. The van der Waals surface area contributed by atoms with E-state index in [0.29, 0.717) is 6.04 Å². The molecule has 0 bridgehead atoms. The molecule has 1 aromatic rings. The lowest BCUT2D eigenvalue weighted by molar-refractivity contribution is 0.504. The van der Waals surface area contributed by atoms with E-state index in [4.69, 9.17) is 0 Å². The molecule has 1 saturated carbocycles. The Morgan fingerprint density at radius 2 is 2.14 bits per heavy atom. The summed E-state index contributed by atoms with van der Waals surface area (Å²) in [4.78, 5) is 8.09. The van der Waals surface area contributed by atoms with Crippen LogP contribution in [0.25, 0.3) is 0 Å². The molecule has 1 heterocycles. The van der Waals surface area contributed by atoms with Crippen molar-refractivity contribution in [2.75, 3.05) is 7.05 Å². The lowest BCUT2D eigenvalue weighted by Gasteiger charge is -2.15. The van der Waals surface area contributed by atoms with Gasteiger partial charge in [-0.1, -0.05) is 12.8 Å². The largest absolute Gasteiger partial charge is 0.313 e. The van der Waals surface area contributed by atoms with Crippen LogP contribution in [0.3, 0.4) is 0 Å². The number of aromatic nitrogens is 2. The maximum atomic E-state index is 4.05. The molecule has 0 amide bonds. The van der Waals surface area contributed by atoms with Crippen LogP contribution >= 0.6 is 0 Å². The van der Waals surface area contributed by atoms with E-state index in [1.165, 1.54) is 31.2 Å². The molecule has 0 aromatic carbocycles. The minimum Gasteiger partial charge on any atom is -0.313 e. The summed E-state index contributed by atoms with van der Waals surface area (Å²) in [6.07, 6.45) is 10.8. The van der Waals surface area contributed by atoms with Crippen molar-refractivity contribution in [3.05, 3.63) is 24.3 Å². The monoisotopic (exact) mass is 191 g/mol. The van der Waals surface area contributed by atoms with Crippen molar-refractivity contribution in [2.24, 2.45) is 5.92 Å². The van der Waals surface area contributed by atoms with Gasteiger partial charge in [-0.05, 0) is 25.8 Å². The molecule has 1 aliphatic rings. The van der Waals surface area contributed by atoms with Crippen LogP contribution in [0, 0.1) is 5.92 Å². The number of nitrogens with zero attached hydrogens (tertiary/aromatic N) is 2. The zero-order valence-corrected chi connectivity index (χ0v) is 8.61.